The predicted octanol–water partition coefficient (Wildman–Crippen LogP) is 6.24. The third kappa shape index (κ3) is 14.8. The number of carbonyl (C=O) groups is 1. The summed E-state index contributed by atoms with van der Waals surface area (Å²) in [5.74, 6) is 0.365. The van der Waals surface area contributed by atoms with E-state index >= 15 is 0 Å². The van der Waals surface area contributed by atoms with E-state index in [1.165, 1.54) is 89.9 Å². The minimum atomic E-state index is 0.365. The molecule has 1 rings (SSSR count). The molecule has 1 aliphatic heterocycles. The van der Waals surface area contributed by atoms with Crippen LogP contribution < -0.4 is 5.32 Å². The van der Waals surface area contributed by atoms with Crippen LogP contribution in [0, 0.1) is 0 Å². The Bertz CT molecular complexity index is 361. The number of amides is 1. The smallest absolute Gasteiger partial charge is 0.222 e. The Balaban J connectivity index is 1.76. The van der Waals surface area contributed by atoms with E-state index in [9.17, 15) is 4.79 Å². The van der Waals surface area contributed by atoms with Crippen LogP contribution in [0.5, 0.6) is 0 Å². The molecular weight excluding hydrogens is 332 g/mol. The zero-order valence-corrected chi connectivity index (χ0v) is 18.2. The Morgan fingerprint density at radius 3 is 1.78 bits per heavy atom. The SMILES string of the molecule is CCCCCCCC/C=C\CCCCCCCCCC(=O)N1CCNCC1. The first-order valence-electron chi connectivity index (χ1n) is 12.0. The lowest BCUT2D eigenvalue weighted by molar-refractivity contribution is -0.131. The van der Waals surface area contributed by atoms with Gasteiger partial charge in [-0.2, -0.15) is 0 Å². The van der Waals surface area contributed by atoms with Crippen LogP contribution >= 0.6 is 0 Å². The van der Waals surface area contributed by atoms with Crippen molar-refractivity contribution in [3.63, 3.8) is 0 Å². The first-order valence-corrected chi connectivity index (χ1v) is 12.0. The highest BCUT2D eigenvalue weighted by Crippen LogP contribution is 2.12. The number of carbonyl (C=O) groups excluding carboxylic acids is 1. The largest absolute Gasteiger partial charge is 0.340 e. The topological polar surface area (TPSA) is 32.3 Å². The van der Waals surface area contributed by atoms with Crippen LogP contribution in [-0.2, 0) is 4.79 Å². The summed E-state index contributed by atoms with van der Waals surface area (Å²) in [6.45, 7) is 5.99. The van der Waals surface area contributed by atoms with Crippen LogP contribution in [0.1, 0.15) is 110 Å². The van der Waals surface area contributed by atoms with E-state index in [-0.39, 0.29) is 0 Å². The first kappa shape index (κ1) is 24.2. The summed E-state index contributed by atoms with van der Waals surface area (Å²) >= 11 is 0. The quantitative estimate of drug-likeness (QED) is 0.240. The molecule has 0 bridgehead atoms. The first-order chi connectivity index (χ1) is 13.3. The van der Waals surface area contributed by atoms with Gasteiger partial charge in [0.15, 0.2) is 0 Å². The zero-order chi connectivity index (χ0) is 19.4. The Morgan fingerprint density at radius 1 is 0.741 bits per heavy atom. The van der Waals surface area contributed by atoms with Gasteiger partial charge in [0, 0.05) is 32.6 Å². The fourth-order valence-electron chi connectivity index (χ4n) is 3.77. The van der Waals surface area contributed by atoms with Gasteiger partial charge in [0.25, 0.3) is 0 Å². The van der Waals surface area contributed by atoms with Crippen molar-refractivity contribution < 1.29 is 4.79 Å². The summed E-state index contributed by atoms with van der Waals surface area (Å²) < 4.78 is 0. The van der Waals surface area contributed by atoms with Gasteiger partial charge in [-0.15, -0.1) is 0 Å². The van der Waals surface area contributed by atoms with E-state index in [0.29, 0.717) is 5.91 Å². The Labute approximate surface area is 169 Å². The van der Waals surface area contributed by atoms with E-state index in [2.05, 4.69) is 24.4 Å². The summed E-state index contributed by atoms with van der Waals surface area (Å²) in [5.41, 5.74) is 0. The molecule has 1 heterocycles. The molecular formula is C24H46N2O. The highest BCUT2D eigenvalue weighted by molar-refractivity contribution is 5.76. The van der Waals surface area contributed by atoms with Crippen molar-refractivity contribution in [2.24, 2.45) is 0 Å². The lowest BCUT2D eigenvalue weighted by Gasteiger charge is -2.27. The minimum absolute atomic E-state index is 0.365. The molecule has 0 saturated carbocycles. The van der Waals surface area contributed by atoms with Crippen LogP contribution in [-0.4, -0.2) is 37.0 Å². The van der Waals surface area contributed by atoms with E-state index in [4.69, 9.17) is 0 Å². The number of allylic oxidation sites excluding steroid dienone is 2. The third-order valence-corrected chi connectivity index (χ3v) is 5.62. The fraction of sp³-hybridized carbons (Fsp3) is 0.875. The minimum Gasteiger partial charge on any atom is -0.340 e. The van der Waals surface area contributed by atoms with Gasteiger partial charge >= 0.3 is 0 Å². The van der Waals surface area contributed by atoms with E-state index in [1.54, 1.807) is 0 Å². The molecule has 1 saturated heterocycles. The van der Waals surface area contributed by atoms with Crippen molar-refractivity contribution in [2.45, 2.75) is 110 Å². The molecule has 1 fully saturated rings. The average molecular weight is 379 g/mol. The number of piperazine rings is 1. The van der Waals surface area contributed by atoms with Crippen LogP contribution in [0.15, 0.2) is 12.2 Å². The molecule has 0 aromatic carbocycles. The maximum Gasteiger partial charge on any atom is 0.222 e. The molecule has 3 heteroatoms. The van der Waals surface area contributed by atoms with Crippen LogP contribution in [0.2, 0.25) is 0 Å². The van der Waals surface area contributed by atoms with Gasteiger partial charge in [-0.3, -0.25) is 4.79 Å². The molecule has 158 valence electrons. The number of hydrogen-bond donors (Lipinski definition) is 1. The summed E-state index contributed by atoms with van der Waals surface area (Å²) in [7, 11) is 0. The maximum atomic E-state index is 12.1. The van der Waals surface area contributed by atoms with E-state index in [1.807, 2.05) is 4.90 Å². The summed E-state index contributed by atoms with van der Waals surface area (Å²) in [4.78, 5) is 14.1. The molecule has 0 atom stereocenters. The molecule has 0 aromatic rings. The molecule has 3 nitrogen and oxygen atoms in total. The number of nitrogens with one attached hydrogen (secondary N) is 1. The van der Waals surface area contributed by atoms with Crippen molar-refractivity contribution >= 4 is 5.91 Å². The zero-order valence-electron chi connectivity index (χ0n) is 18.2. The summed E-state index contributed by atoms with van der Waals surface area (Å²) in [5, 5.41) is 3.30. The standard InChI is InChI=1S/C24H46N2O/c1-2-3-4-5-6-7-8-9-10-11-12-13-14-15-16-17-18-19-24(27)26-22-20-25-21-23-26/h9-10,25H,2-8,11-23H2,1H3/b10-9-. The molecule has 1 aliphatic rings. The fourth-order valence-corrected chi connectivity index (χ4v) is 3.77. The number of hydrogen-bond acceptors (Lipinski definition) is 2. The molecule has 0 aromatic heterocycles. The Kier molecular flexibility index (Phi) is 16.6. The van der Waals surface area contributed by atoms with Gasteiger partial charge in [0.05, 0.1) is 0 Å². The molecule has 0 spiro atoms. The van der Waals surface area contributed by atoms with Crippen molar-refractivity contribution in [3.05, 3.63) is 12.2 Å². The molecule has 0 radical (unpaired) electrons. The van der Waals surface area contributed by atoms with E-state index < -0.39 is 0 Å². The summed E-state index contributed by atoms with van der Waals surface area (Å²) in [6.07, 6.45) is 25.4. The molecule has 1 amide bonds. The highest BCUT2D eigenvalue weighted by atomic mass is 16.2. The summed E-state index contributed by atoms with van der Waals surface area (Å²) in [6, 6.07) is 0. The van der Waals surface area contributed by atoms with Crippen molar-refractivity contribution in [1.29, 1.82) is 0 Å². The van der Waals surface area contributed by atoms with Crippen LogP contribution in [0.4, 0.5) is 0 Å². The van der Waals surface area contributed by atoms with Gasteiger partial charge in [-0.25, -0.2) is 0 Å². The van der Waals surface area contributed by atoms with Crippen molar-refractivity contribution in [1.82, 2.24) is 10.2 Å². The third-order valence-electron chi connectivity index (χ3n) is 5.62. The maximum absolute atomic E-state index is 12.1. The predicted molar refractivity (Wildman–Crippen MR) is 118 cm³/mol. The van der Waals surface area contributed by atoms with Gasteiger partial charge in [0.1, 0.15) is 0 Å². The van der Waals surface area contributed by atoms with Gasteiger partial charge < -0.3 is 10.2 Å². The van der Waals surface area contributed by atoms with E-state index in [0.717, 1.165) is 39.0 Å². The molecule has 0 unspecified atom stereocenters. The van der Waals surface area contributed by atoms with Gasteiger partial charge in [-0.1, -0.05) is 83.3 Å². The average Bonchev–Trinajstić information content (AvgIpc) is 2.70. The lowest BCUT2D eigenvalue weighted by atomic mass is 10.1. The molecule has 0 aliphatic carbocycles. The Morgan fingerprint density at radius 2 is 1.22 bits per heavy atom. The number of rotatable bonds is 17. The lowest BCUT2D eigenvalue weighted by Crippen LogP contribution is -2.46. The normalized spacial score (nSPS) is 14.9. The number of unbranched alkanes of at least 4 members (excludes halogenated alkanes) is 13. The second kappa shape index (κ2) is 18.5. The molecule has 1 N–H and O–H groups in total. The van der Waals surface area contributed by atoms with Crippen LogP contribution in [0.25, 0.3) is 0 Å². The second-order valence-corrected chi connectivity index (χ2v) is 8.17. The highest BCUT2D eigenvalue weighted by Gasteiger charge is 2.14. The number of nitrogens with zero attached hydrogens (tertiary/aromatic N) is 1. The Hall–Kier alpha value is -0.830. The van der Waals surface area contributed by atoms with Crippen molar-refractivity contribution in [2.75, 3.05) is 26.2 Å². The van der Waals surface area contributed by atoms with Crippen molar-refractivity contribution in [3.8, 4) is 0 Å². The second-order valence-electron chi connectivity index (χ2n) is 8.17. The van der Waals surface area contributed by atoms with Gasteiger partial charge in [0.2, 0.25) is 5.91 Å². The monoisotopic (exact) mass is 378 g/mol. The van der Waals surface area contributed by atoms with Crippen LogP contribution in [0.3, 0.4) is 0 Å². The molecule has 27 heavy (non-hydrogen) atoms. The van der Waals surface area contributed by atoms with Gasteiger partial charge in [-0.05, 0) is 32.1 Å².